The lowest BCUT2D eigenvalue weighted by molar-refractivity contribution is -0.384. The van der Waals surface area contributed by atoms with Crippen molar-refractivity contribution in [1.29, 1.82) is 0 Å². The molecule has 0 radical (unpaired) electrons. The van der Waals surface area contributed by atoms with Crippen LogP contribution in [0.25, 0.3) is 6.08 Å². The monoisotopic (exact) mass is 497 g/mol. The van der Waals surface area contributed by atoms with E-state index in [9.17, 15) is 29.3 Å². The summed E-state index contributed by atoms with van der Waals surface area (Å²) in [6, 6.07) is 11.4. The fourth-order valence-corrected chi connectivity index (χ4v) is 4.25. The Morgan fingerprint density at radius 2 is 1.86 bits per heavy atom. The summed E-state index contributed by atoms with van der Waals surface area (Å²) in [5, 5.41) is 10.4. The number of hydrogen-bond acceptors (Lipinski definition) is 9. The summed E-state index contributed by atoms with van der Waals surface area (Å²) in [5.74, 6) is -1.54. The zero-order chi connectivity index (χ0) is 24.9. The van der Waals surface area contributed by atoms with Crippen molar-refractivity contribution in [2.45, 2.75) is 0 Å². The number of non-ortho nitro benzene ring substituents is 1. The maximum atomic E-state index is 12.8. The van der Waals surface area contributed by atoms with Crippen LogP contribution in [0.15, 0.2) is 53.4 Å². The minimum Gasteiger partial charge on any atom is -0.423 e. The van der Waals surface area contributed by atoms with E-state index >= 15 is 0 Å². The molecule has 2 aromatic carbocycles. The van der Waals surface area contributed by atoms with E-state index in [1.165, 1.54) is 36.4 Å². The van der Waals surface area contributed by atoms with Crippen LogP contribution in [0, 0.1) is 10.1 Å². The van der Waals surface area contributed by atoms with Crippen molar-refractivity contribution in [3.63, 3.8) is 0 Å². The first-order valence-electron chi connectivity index (χ1n) is 10.5. The molecule has 3 amide bonds. The van der Waals surface area contributed by atoms with Crippen molar-refractivity contribution in [2.24, 2.45) is 0 Å². The number of nitro groups is 1. The molecule has 0 unspecified atom stereocenters. The minimum atomic E-state index is -0.784. The number of benzene rings is 2. The largest absolute Gasteiger partial charge is 0.423 e. The van der Waals surface area contributed by atoms with E-state index in [2.05, 4.69) is 0 Å². The first-order chi connectivity index (χ1) is 16.8. The third-order valence-corrected chi connectivity index (χ3v) is 6.10. The number of rotatable bonds is 6. The quantitative estimate of drug-likeness (QED) is 0.194. The molecule has 2 aliphatic rings. The molecule has 0 aliphatic carbocycles. The maximum absolute atomic E-state index is 12.8. The van der Waals surface area contributed by atoms with Crippen molar-refractivity contribution in [2.75, 3.05) is 32.8 Å². The van der Waals surface area contributed by atoms with Crippen molar-refractivity contribution >= 4 is 46.5 Å². The van der Waals surface area contributed by atoms with Crippen LogP contribution in [0.3, 0.4) is 0 Å². The average molecular weight is 497 g/mol. The highest BCUT2D eigenvalue weighted by atomic mass is 32.2. The van der Waals surface area contributed by atoms with Gasteiger partial charge in [-0.15, -0.1) is 0 Å². The number of amides is 3. The summed E-state index contributed by atoms with van der Waals surface area (Å²) in [6.07, 6.45) is 1.47. The summed E-state index contributed by atoms with van der Waals surface area (Å²) >= 11 is 0.718. The van der Waals surface area contributed by atoms with Crippen molar-refractivity contribution in [3.05, 3.63) is 74.7 Å². The SMILES string of the molecule is O=C(Oc1cccc(/C=C2\SC(=O)N(CC(=O)N3CCOCC3)C2=O)c1)c1cccc([N+](=O)[O-])c1. The van der Waals surface area contributed by atoms with Gasteiger partial charge < -0.3 is 14.4 Å². The zero-order valence-electron chi connectivity index (χ0n) is 18.2. The van der Waals surface area contributed by atoms with Crippen LogP contribution in [0.1, 0.15) is 15.9 Å². The number of carbonyl (C=O) groups is 4. The highest BCUT2D eigenvalue weighted by Crippen LogP contribution is 2.32. The standard InChI is InChI=1S/C23H19N3O8S/c27-20(24-7-9-33-10-8-24)14-25-21(28)19(35-23(25)30)12-15-3-1-6-18(11-15)34-22(29)16-4-2-5-17(13-16)26(31)32/h1-6,11-13H,7-10,14H2/b19-12-. The van der Waals surface area contributed by atoms with Crippen molar-refractivity contribution in [3.8, 4) is 5.75 Å². The van der Waals surface area contributed by atoms with Gasteiger partial charge in [-0.3, -0.25) is 29.4 Å². The first kappa shape index (κ1) is 24.1. The molecule has 12 heteroatoms. The molecule has 0 atom stereocenters. The van der Waals surface area contributed by atoms with Crippen LogP contribution in [0.2, 0.25) is 0 Å². The highest BCUT2D eigenvalue weighted by Gasteiger charge is 2.37. The van der Waals surface area contributed by atoms with Gasteiger partial charge in [0.05, 0.1) is 28.6 Å². The molecule has 2 aliphatic heterocycles. The van der Waals surface area contributed by atoms with E-state index in [-0.39, 0.29) is 34.4 Å². The van der Waals surface area contributed by atoms with Gasteiger partial charge in [0.25, 0.3) is 16.8 Å². The number of nitro benzene ring substituents is 1. The molecule has 0 N–H and O–H groups in total. The molecule has 180 valence electrons. The Hall–Kier alpha value is -4.03. The Bertz CT molecular complexity index is 1240. The third kappa shape index (κ3) is 5.73. The molecule has 35 heavy (non-hydrogen) atoms. The number of nitrogens with zero attached hydrogens (tertiary/aromatic N) is 3. The van der Waals surface area contributed by atoms with Crippen LogP contribution < -0.4 is 4.74 Å². The Balaban J connectivity index is 1.44. The summed E-state index contributed by atoms with van der Waals surface area (Å²) < 4.78 is 10.5. The smallest absolute Gasteiger partial charge is 0.343 e. The molecule has 2 saturated heterocycles. The minimum absolute atomic E-state index is 0.00987. The summed E-state index contributed by atoms with van der Waals surface area (Å²) in [6.45, 7) is 1.30. The number of thioether (sulfide) groups is 1. The van der Waals surface area contributed by atoms with E-state index in [1.54, 1.807) is 17.0 Å². The van der Waals surface area contributed by atoms with E-state index in [0.29, 0.717) is 31.9 Å². The molecular formula is C23H19N3O8S. The number of carbonyl (C=O) groups excluding carboxylic acids is 4. The second kappa shape index (κ2) is 10.5. The van der Waals surface area contributed by atoms with Gasteiger partial charge in [0.1, 0.15) is 12.3 Å². The lowest BCUT2D eigenvalue weighted by atomic mass is 10.2. The first-order valence-corrected chi connectivity index (χ1v) is 11.3. The van der Waals surface area contributed by atoms with Gasteiger partial charge in [-0.1, -0.05) is 18.2 Å². The van der Waals surface area contributed by atoms with Gasteiger partial charge in [-0.05, 0) is 41.6 Å². The molecule has 4 rings (SSSR count). The number of morpholine rings is 1. The molecular weight excluding hydrogens is 478 g/mol. The number of imide groups is 1. The molecule has 2 aromatic rings. The third-order valence-electron chi connectivity index (χ3n) is 5.19. The molecule has 0 saturated carbocycles. The number of hydrogen-bond donors (Lipinski definition) is 0. The van der Waals surface area contributed by atoms with Gasteiger partial charge in [0.15, 0.2) is 0 Å². The Kier molecular flexibility index (Phi) is 7.22. The fourth-order valence-electron chi connectivity index (χ4n) is 3.42. The maximum Gasteiger partial charge on any atom is 0.343 e. The zero-order valence-corrected chi connectivity index (χ0v) is 19.1. The molecule has 0 spiro atoms. The van der Waals surface area contributed by atoms with Crippen LogP contribution in [0.4, 0.5) is 10.5 Å². The van der Waals surface area contributed by atoms with E-state index in [0.717, 1.165) is 22.7 Å². The predicted octanol–water partition coefficient (Wildman–Crippen LogP) is 2.71. The number of esters is 1. The lowest BCUT2D eigenvalue weighted by Gasteiger charge is -2.28. The summed E-state index contributed by atoms with van der Waals surface area (Å²) in [7, 11) is 0. The van der Waals surface area contributed by atoms with Crippen molar-refractivity contribution in [1.82, 2.24) is 9.80 Å². The molecule has 11 nitrogen and oxygen atoms in total. The fraction of sp³-hybridized carbons (Fsp3) is 0.217. The molecule has 0 aromatic heterocycles. The number of ether oxygens (including phenoxy) is 2. The highest BCUT2D eigenvalue weighted by molar-refractivity contribution is 8.18. The van der Waals surface area contributed by atoms with E-state index in [1.807, 2.05) is 0 Å². The molecule has 0 bridgehead atoms. The Morgan fingerprint density at radius 1 is 1.11 bits per heavy atom. The molecule has 2 fully saturated rings. The summed E-state index contributed by atoms with van der Waals surface area (Å²) in [4.78, 5) is 62.9. The lowest BCUT2D eigenvalue weighted by Crippen LogP contribution is -2.46. The molecule has 2 heterocycles. The second-order valence-corrected chi connectivity index (χ2v) is 8.52. The van der Waals surface area contributed by atoms with Crippen LogP contribution in [-0.4, -0.2) is 70.6 Å². The normalized spacial score (nSPS) is 17.1. The van der Waals surface area contributed by atoms with Crippen LogP contribution in [-0.2, 0) is 14.3 Å². The second-order valence-electron chi connectivity index (χ2n) is 7.53. The van der Waals surface area contributed by atoms with Gasteiger partial charge >= 0.3 is 5.97 Å². The van der Waals surface area contributed by atoms with E-state index in [4.69, 9.17) is 9.47 Å². The van der Waals surface area contributed by atoms with Gasteiger partial charge in [-0.2, -0.15) is 0 Å². The predicted molar refractivity (Wildman–Crippen MR) is 125 cm³/mol. The topological polar surface area (TPSA) is 136 Å². The van der Waals surface area contributed by atoms with Crippen molar-refractivity contribution < 1.29 is 33.6 Å². The van der Waals surface area contributed by atoms with Gasteiger partial charge in [0.2, 0.25) is 5.91 Å². The van der Waals surface area contributed by atoms with Crippen LogP contribution >= 0.6 is 11.8 Å². The summed E-state index contributed by atoms with van der Waals surface area (Å²) in [5.41, 5.74) is 0.256. The average Bonchev–Trinajstić information content (AvgIpc) is 3.12. The Morgan fingerprint density at radius 3 is 2.60 bits per heavy atom. The van der Waals surface area contributed by atoms with Gasteiger partial charge in [-0.25, -0.2) is 4.79 Å². The van der Waals surface area contributed by atoms with Crippen LogP contribution in [0.5, 0.6) is 5.75 Å². The Labute approximate surface area is 203 Å². The van der Waals surface area contributed by atoms with E-state index < -0.39 is 22.0 Å². The van der Waals surface area contributed by atoms with Gasteiger partial charge in [0, 0.05) is 25.2 Å².